The van der Waals surface area contributed by atoms with Crippen molar-refractivity contribution in [2.24, 2.45) is 5.73 Å². The lowest BCUT2D eigenvalue weighted by Crippen LogP contribution is -2.36. The molecular weight excluding hydrogens is 280 g/mol. The Morgan fingerprint density at radius 2 is 1.59 bits per heavy atom. The fourth-order valence-electron chi connectivity index (χ4n) is 2.01. The molecule has 1 aromatic rings. The predicted molar refractivity (Wildman–Crippen MR) is 86.9 cm³/mol. The molecule has 122 valence electrons. The van der Waals surface area contributed by atoms with Crippen LogP contribution in [0.3, 0.4) is 0 Å². The average molecular weight is 306 g/mol. The third-order valence-electron chi connectivity index (χ3n) is 3.42. The summed E-state index contributed by atoms with van der Waals surface area (Å²) in [7, 11) is 0. The molecule has 22 heavy (non-hydrogen) atoms. The van der Waals surface area contributed by atoms with Gasteiger partial charge in [-0.05, 0) is 37.1 Å². The SMILES string of the molecule is CCCCN(CCCC)C(=O)COc1ccc(C(N)=O)cc1. The van der Waals surface area contributed by atoms with Crippen LogP contribution in [-0.4, -0.2) is 36.4 Å². The van der Waals surface area contributed by atoms with E-state index in [-0.39, 0.29) is 12.5 Å². The van der Waals surface area contributed by atoms with Crippen molar-refractivity contribution in [3.05, 3.63) is 29.8 Å². The van der Waals surface area contributed by atoms with Crippen molar-refractivity contribution in [2.75, 3.05) is 19.7 Å². The van der Waals surface area contributed by atoms with Gasteiger partial charge in [-0.1, -0.05) is 26.7 Å². The fraction of sp³-hybridized carbons (Fsp3) is 0.529. The van der Waals surface area contributed by atoms with E-state index in [1.807, 2.05) is 4.90 Å². The number of carbonyl (C=O) groups excluding carboxylic acids is 2. The summed E-state index contributed by atoms with van der Waals surface area (Å²) >= 11 is 0. The highest BCUT2D eigenvalue weighted by molar-refractivity contribution is 5.92. The largest absolute Gasteiger partial charge is 0.484 e. The molecule has 5 nitrogen and oxygen atoms in total. The monoisotopic (exact) mass is 306 g/mol. The van der Waals surface area contributed by atoms with Crippen LogP contribution in [0.1, 0.15) is 49.9 Å². The van der Waals surface area contributed by atoms with E-state index in [0.717, 1.165) is 38.8 Å². The number of ether oxygens (including phenoxy) is 1. The van der Waals surface area contributed by atoms with Crippen LogP contribution in [0.4, 0.5) is 0 Å². The second-order valence-corrected chi connectivity index (χ2v) is 5.27. The van der Waals surface area contributed by atoms with Gasteiger partial charge in [0.15, 0.2) is 6.61 Å². The molecule has 2 N–H and O–H groups in total. The summed E-state index contributed by atoms with van der Waals surface area (Å²) in [5, 5.41) is 0. The lowest BCUT2D eigenvalue weighted by molar-refractivity contribution is -0.133. The number of amides is 2. The van der Waals surface area contributed by atoms with Crippen molar-refractivity contribution >= 4 is 11.8 Å². The first-order valence-corrected chi connectivity index (χ1v) is 7.88. The molecule has 0 unspecified atom stereocenters. The maximum atomic E-state index is 12.2. The van der Waals surface area contributed by atoms with Gasteiger partial charge in [-0.2, -0.15) is 0 Å². The molecule has 0 aromatic heterocycles. The Bertz CT molecular complexity index is 463. The third-order valence-corrected chi connectivity index (χ3v) is 3.42. The van der Waals surface area contributed by atoms with Crippen molar-refractivity contribution in [1.82, 2.24) is 4.90 Å². The Labute approximate surface area is 132 Å². The van der Waals surface area contributed by atoms with Crippen LogP contribution in [0, 0.1) is 0 Å². The molecule has 0 fully saturated rings. The first kappa shape index (κ1) is 18.0. The van der Waals surface area contributed by atoms with Gasteiger partial charge < -0.3 is 15.4 Å². The van der Waals surface area contributed by atoms with E-state index in [4.69, 9.17) is 10.5 Å². The molecule has 0 heterocycles. The molecule has 0 radical (unpaired) electrons. The average Bonchev–Trinajstić information content (AvgIpc) is 2.53. The molecule has 0 bridgehead atoms. The van der Waals surface area contributed by atoms with Crippen molar-refractivity contribution in [3.8, 4) is 5.75 Å². The molecule has 0 aliphatic carbocycles. The maximum absolute atomic E-state index is 12.2. The lowest BCUT2D eigenvalue weighted by Gasteiger charge is -2.22. The fourth-order valence-corrected chi connectivity index (χ4v) is 2.01. The van der Waals surface area contributed by atoms with Crippen molar-refractivity contribution in [2.45, 2.75) is 39.5 Å². The third kappa shape index (κ3) is 6.16. The first-order chi connectivity index (χ1) is 10.6. The van der Waals surface area contributed by atoms with Gasteiger partial charge in [-0.15, -0.1) is 0 Å². The van der Waals surface area contributed by atoms with Crippen LogP contribution in [0.5, 0.6) is 5.75 Å². The summed E-state index contributed by atoms with van der Waals surface area (Å²) < 4.78 is 5.50. The van der Waals surface area contributed by atoms with Gasteiger partial charge in [0.2, 0.25) is 5.91 Å². The predicted octanol–water partition coefficient (Wildman–Crippen LogP) is 2.59. The van der Waals surface area contributed by atoms with Crippen molar-refractivity contribution in [3.63, 3.8) is 0 Å². The molecule has 2 amide bonds. The molecule has 0 aliphatic rings. The zero-order valence-corrected chi connectivity index (χ0v) is 13.5. The van der Waals surface area contributed by atoms with Gasteiger partial charge in [0.1, 0.15) is 5.75 Å². The van der Waals surface area contributed by atoms with Crippen LogP contribution in [-0.2, 0) is 4.79 Å². The molecule has 0 spiro atoms. The molecule has 0 atom stereocenters. The summed E-state index contributed by atoms with van der Waals surface area (Å²) in [6, 6.07) is 6.48. The molecule has 1 aromatic carbocycles. The van der Waals surface area contributed by atoms with E-state index >= 15 is 0 Å². The van der Waals surface area contributed by atoms with Gasteiger partial charge in [-0.3, -0.25) is 9.59 Å². The zero-order chi connectivity index (χ0) is 16.4. The Morgan fingerprint density at radius 1 is 1.05 bits per heavy atom. The number of carbonyl (C=O) groups is 2. The Balaban J connectivity index is 2.51. The first-order valence-electron chi connectivity index (χ1n) is 7.88. The number of rotatable bonds is 10. The second kappa shape index (κ2) is 9.82. The molecule has 5 heteroatoms. The minimum Gasteiger partial charge on any atom is -0.484 e. The Kier molecular flexibility index (Phi) is 8.04. The highest BCUT2D eigenvalue weighted by atomic mass is 16.5. The summed E-state index contributed by atoms with van der Waals surface area (Å²) in [6.07, 6.45) is 4.13. The number of nitrogens with two attached hydrogens (primary N) is 1. The summed E-state index contributed by atoms with van der Waals surface area (Å²) in [6.45, 7) is 5.79. The number of primary amides is 1. The molecule has 1 rings (SSSR count). The van der Waals surface area contributed by atoms with E-state index in [1.54, 1.807) is 24.3 Å². The summed E-state index contributed by atoms with van der Waals surface area (Å²) in [5.41, 5.74) is 5.60. The second-order valence-electron chi connectivity index (χ2n) is 5.27. The number of nitrogens with zero attached hydrogens (tertiary/aromatic N) is 1. The van der Waals surface area contributed by atoms with E-state index < -0.39 is 5.91 Å². The zero-order valence-electron chi connectivity index (χ0n) is 13.5. The maximum Gasteiger partial charge on any atom is 0.260 e. The minimum atomic E-state index is -0.479. The van der Waals surface area contributed by atoms with Crippen LogP contribution < -0.4 is 10.5 Å². The van der Waals surface area contributed by atoms with E-state index in [2.05, 4.69) is 13.8 Å². The number of hydrogen-bond donors (Lipinski definition) is 1. The summed E-state index contributed by atoms with van der Waals surface area (Å²) in [4.78, 5) is 25.1. The van der Waals surface area contributed by atoms with E-state index in [0.29, 0.717) is 11.3 Å². The van der Waals surface area contributed by atoms with E-state index in [1.165, 1.54) is 0 Å². The highest BCUT2D eigenvalue weighted by Gasteiger charge is 2.13. The summed E-state index contributed by atoms with van der Waals surface area (Å²) in [5.74, 6) is 0.0816. The number of hydrogen-bond acceptors (Lipinski definition) is 3. The van der Waals surface area contributed by atoms with Gasteiger partial charge >= 0.3 is 0 Å². The molecule has 0 saturated heterocycles. The minimum absolute atomic E-state index is 0.000813. The normalized spacial score (nSPS) is 10.3. The Hall–Kier alpha value is -2.04. The van der Waals surface area contributed by atoms with Crippen molar-refractivity contribution in [1.29, 1.82) is 0 Å². The smallest absolute Gasteiger partial charge is 0.260 e. The Morgan fingerprint density at radius 3 is 2.05 bits per heavy atom. The highest BCUT2D eigenvalue weighted by Crippen LogP contribution is 2.12. The molecular formula is C17H26N2O3. The standard InChI is InChI=1S/C17H26N2O3/c1-3-5-11-19(12-6-4-2)16(20)13-22-15-9-7-14(8-10-15)17(18)21/h7-10H,3-6,11-13H2,1-2H3,(H2,18,21). The number of benzene rings is 1. The van der Waals surface area contributed by atoms with Gasteiger partial charge in [0, 0.05) is 18.7 Å². The van der Waals surface area contributed by atoms with Crippen LogP contribution in [0.25, 0.3) is 0 Å². The van der Waals surface area contributed by atoms with Crippen LogP contribution >= 0.6 is 0 Å². The number of unbranched alkanes of at least 4 members (excludes halogenated alkanes) is 2. The topological polar surface area (TPSA) is 72.6 Å². The van der Waals surface area contributed by atoms with Crippen molar-refractivity contribution < 1.29 is 14.3 Å². The van der Waals surface area contributed by atoms with Crippen LogP contribution in [0.15, 0.2) is 24.3 Å². The lowest BCUT2D eigenvalue weighted by atomic mass is 10.2. The van der Waals surface area contributed by atoms with Gasteiger partial charge in [0.25, 0.3) is 5.91 Å². The van der Waals surface area contributed by atoms with Gasteiger partial charge in [0.05, 0.1) is 0 Å². The van der Waals surface area contributed by atoms with Crippen LogP contribution in [0.2, 0.25) is 0 Å². The quantitative estimate of drug-likeness (QED) is 0.722. The molecule has 0 aliphatic heterocycles. The van der Waals surface area contributed by atoms with Gasteiger partial charge in [-0.25, -0.2) is 0 Å². The molecule has 0 saturated carbocycles. The van der Waals surface area contributed by atoms with E-state index in [9.17, 15) is 9.59 Å².